The van der Waals surface area contributed by atoms with Crippen LogP contribution in [0.15, 0.2) is 18.6 Å². The Morgan fingerprint density at radius 2 is 2.40 bits per heavy atom. The number of amides is 1. The number of hydrogen-bond acceptors (Lipinski definition) is 4. The van der Waals surface area contributed by atoms with Gasteiger partial charge in [0.1, 0.15) is 17.8 Å². The van der Waals surface area contributed by atoms with Gasteiger partial charge in [-0.3, -0.25) is 4.79 Å². The van der Waals surface area contributed by atoms with Gasteiger partial charge in [-0.25, -0.2) is 9.97 Å². The second-order valence-corrected chi connectivity index (χ2v) is 5.18. The number of aromatic nitrogens is 3. The molecule has 0 saturated carbocycles. The Balaban J connectivity index is 1.80. The SMILES string of the molecule is CCC(=O)N(C)[C@@H]1CCN(c2ncnc3[nH]ccc23)C1. The molecule has 1 N–H and O–H groups in total. The van der Waals surface area contributed by atoms with Crippen LogP contribution in [0.25, 0.3) is 11.0 Å². The van der Waals surface area contributed by atoms with Crippen molar-refractivity contribution in [2.75, 3.05) is 25.0 Å². The number of rotatable bonds is 3. The van der Waals surface area contributed by atoms with Crippen molar-refractivity contribution in [3.63, 3.8) is 0 Å². The van der Waals surface area contributed by atoms with Gasteiger partial charge in [-0.15, -0.1) is 0 Å². The topological polar surface area (TPSA) is 65.1 Å². The van der Waals surface area contributed by atoms with Crippen molar-refractivity contribution >= 4 is 22.8 Å². The number of likely N-dealkylation sites (N-methyl/N-ethyl adjacent to an activating group) is 1. The number of H-pyrrole nitrogens is 1. The molecular weight excluding hydrogens is 254 g/mol. The van der Waals surface area contributed by atoms with Crippen molar-refractivity contribution in [2.45, 2.75) is 25.8 Å². The third-order valence-electron chi connectivity index (χ3n) is 4.04. The summed E-state index contributed by atoms with van der Waals surface area (Å²) in [6.45, 7) is 3.65. The Labute approximate surface area is 117 Å². The summed E-state index contributed by atoms with van der Waals surface area (Å²) in [4.78, 5) is 27.6. The lowest BCUT2D eigenvalue weighted by atomic mass is 10.2. The summed E-state index contributed by atoms with van der Waals surface area (Å²) < 4.78 is 0. The highest BCUT2D eigenvalue weighted by Gasteiger charge is 2.29. The molecule has 6 nitrogen and oxygen atoms in total. The second-order valence-electron chi connectivity index (χ2n) is 5.18. The maximum absolute atomic E-state index is 11.8. The van der Waals surface area contributed by atoms with E-state index in [-0.39, 0.29) is 11.9 Å². The van der Waals surface area contributed by atoms with Crippen LogP contribution in [-0.2, 0) is 4.79 Å². The highest BCUT2D eigenvalue weighted by molar-refractivity contribution is 5.87. The molecule has 1 fully saturated rings. The van der Waals surface area contributed by atoms with Crippen molar-refractivity contribution in [3.05, 3.63) is 18.6 Å². The van der Waals surface area contributed by atoms with E-state index in [2.05, 4.69) is 19.9 Å². The summed E-state index contributed by atoms with van der Waals surface area (Å²) in [5.74, 6) is 1.16. The number of aromatic amines is 1. The quantitative estimate of drug-likeness (QED) is 0.918. The standard InChI is InChI=1S/C14H19N5O/c1-3-12(20)18(2)10-5-7-19(8-10)14-11-4-6-15-13(11)16-9-17-14/h4,6,9-10H,3,5,7-8H2,1-2H3,(H,15,16,17)/t10-/m1/s1. The third-order valence-corrected chi connectivity index (χ3v) is 4.04. The fourth-order valence-electron chi connectivity index (χ4n) is 2.81. The molecule has 6 heteroatoms. The first kappa shape index (κ1) is 12.9. The van der Waals surface area contributed by atoms with Crippen LogP contribution in [-0.4, -0.2) is 51.9 Å². The largest absolute Gasteiger partial charge is 0.354 e. The van der Waals surface area contributed by atoms with Gasteiger partial charge >= 0.3 is 0 Å². The second kappa shape index (κ2) is 5.11. The highest BCUT2D eigenvalue weighted by Crippen LogP contribution is 2.26. The number of hydrogen-bond donors (Lipinski definition) is 1. The Kier molecular flexibility index (Phi) is 3.30. The molecule has 0 aliphatic carbocycles. The molecular formula is C14H19N5O. The van der Waals surface area contributed by atoms with Crippen LogP contribution in [0.2, 0.25) is 0 Å². The van der Waals surface area contributed by atoms with Crippen LogP contribution >= 0.6 is 0 Å². The number of fused-ring (bicyclic) bond motifs is 1. The maximum atomic E-state index is 11.8. The van der Waals surface area contributed by atoms with E-state index < -0.39 is 0 Å². The minimum atomic E-state index is 0.200. The lowest BCUT2D eigenvalue weighted by Crippen LogP contribution is -2.38. The van der Waals surface area contributed by atoms with Crippen LogP contribution in [0.1, 0.15) is 19.8 Å². The zero-order chi connectivity index (χ0) is 14.1. The third kappa shape index (κ3) is 2.11. The fourth-order valence-corrected chi connectivity index (χ4v) is 2.81. The number of anilines is 1. The van der Waals surface area contributed by atoms with Crippen LogP contribution in [0.4, 0.5) is 5.82 Å². The molecule has 3 rings (SSSR count). The van der Waals surface area contributed by atoms with Crippen molar-refractivity contribution < 1.29 is 4.79 Å². The molecule has 106 valence electrons. The Bertz CT molecular complexity index is 623. The van der Waals surface area contributed by atoms with Gasteiger partial charge in [-0.05, 0) is 12.5 Å². The number of nitrogens with one attached hydrogen (secondary N) is 1. The molecule has 0 spiro atoms. The zero-order valence-corrected chi connectivity index (χ0v) is 11.8. The molecule has 0 radical (unpaired) electrons. The van der Waals surface area contributed by atoms with Gasteiger partial charge in [-0.1, -0.05) is 6.92 Å². The Morgan fingerprint density at radius 1 is 1.55 bits per heavy atom. The average molecular weight is 273 g/mol. The van der Waals surface area contributed by atoms with Crippen LogP contribution < -0.4 is 4.90 Å². The van der Waals surface area contributed by atoms with Crippen LogP contribution in [0, 0.1) is 0 Å². The van der Waals surface area contributed by atoms with E-state index in [0.29, 0.717) is 6.42 Å². The fraction of sp³-hybridized carbons (Fsp3) is 0.500. The Morgan fingerprint density at radius 3 is 3.20 bits per heavy atom. The van der Waals surface area contributed by atoms with Gasteiger partial charge in [-0.2, -0.15) is 0 Å². The molecule has 0 unspecified atom stereocenters. The molecule has 1 saturated heterocycles. The van der Waals surface area contributed by atoms with Gasteiger partial charge in [0.05, 0.1) is 11.4 Å². The smallest absolute Gasteiger partial charge is 0.222 e. The van der Waals surface area contributed by atoms with Crippen molar-refractivity contribution in [1.82, 2.24) is 19.9 Å². The minimum absolute atomic E-state index is 0.200. The van der Waals surface area contributed by atoms with Crippen molar-refractivity contribution in [2.24, 2.45) is 0 Å². The van der Waals surface area contributed by atoms with Gasteiger partial charge in [0.2, 0.25) is 5.91 Å². The minimum Gasteiger partial charge on any atom is -0.354 e. The molecule has 0 bridgehead atoms. The predicted molar refractivity (Wildman–Crippen MR) is 77.6 cm³/mol. The molecule has 3 heterocycles. The van der Waals surface area contributed by atoms with E-state index in [4.69, 9.17) is 0 Å². The first-order valence-electron chi connectivity index (χ1n) is 6.99. The summed E-state index contributed by atoms with van der Waals surface area (Å²) in [6, 6.07) is 2.27. The number of nitrogens with zero attached hydrogens (tertiary/aromatic N) is 4. The molecule has 2 aromatic rings. The van der Waals surface area contributed by atoms with Crippen LogP contribution in [0.5, 0.6) is 0 Å². The zero-order valence-electron chi connectivity index (χ0n) is 11.8. The van der Waals surface area contributed by atoms with Crippen LogP contribution in [0.3, 0.4) is 0 Å². The first-order valence-corrected chi connectivity index (χ1v) is 6.99. The molecule has 2 aromatic heterocycles. The maximum Gasteiger partial charge on any atom is 0.222 e. The molecule has 20 heavy (non-hydrogen) atoms. The molecule has 0 aromatic carbocycles. The predicted octanol–water partition coefficient (Wildman–Crippen LogP) is 1.40. The monoisotopic (exact) mass is 273 g/mol. The normalized spacial score (nSPS) is 18.7. The summed E-state index contributed by atoms with van der Waals surface area (Å²) in [6.07, 6.45) is 5.01. The highest BCUT2D eigenvalue weighted by atomic mass is 16.2. The lowest BCUT2D eigenvalue weighted by Gasteiger charge is -2.25. The summed E-state index contributed by atoms with van der Waals surface area (Å²) in [5.41, 5.74) is 0.858. The molecule has 1 aliphatic heterocycles. The average Bonchev–Trinajstić information content (AvgIpc) is 3.13. The van der Waals surface area contributed by atoms with E-state index in [9.17, 15) is 4.79 Å². The first-order chi connectivity index (χ1) is 9.70. The van der Waals surface area contributed by atoms with E-state index in [0.717, 1.165) is 36.4 Å². The molecule has 1 amide bonds. The lowest BCUT2D eigenvalue weighted by molar-refractivity contribution is -0.131. The van der Waals surface area contributed by atoms with E-state index >= 15 is 0 Å². The van der Waals surface area contributed by atoms with E-state index in [1.165, 1.54) is 0 Å². The number of carbonyl (C=O) groups excluding carboxylic acids is 1. The molecule has 1 aliphatic rings. The summed E-state index contributed by atoms with van der Waals surface area (Å²) in [5, 5.41) is 1.04. The van der Waals surface area contributed by atoms with Gasteiger partial charge in [0.15, 0.2) is 0 Å². The summed E-state index contributed by atoms with van der Waals surface area (Å²) in [7, 11) is 1.89. The van der Waals surface area contributed by atoms with E-state index in [1.54, 1.807) is 6.33 Å². The summed E-state index contributed by atoms with van der Waals surface area (Å²) >= 11 is 0. The molecule has 1 atom stereocenters. The Hall–Kier alpha value is -2.11. The van der Waals surface area contributed by atoms with E-state index in [1.807, 2.05) is 31.1 Å². The van der Waals surface area contributed by atoms with Gasteiger partial charge < -0.3 is 14.8 Å². The van der Waals surface area contributed by atoms with Crippen molar-refractivity contribution in [3.8, 4) is 0 Å². The van der Waals surface area contributed by atoms with Gasteiger partial charge in [0, 0.05) is 32.8 Å². The van der Waals surface area contributed by atoms with Crippen molar-refractivity contribution in [1.29, 1.82) is 0 Å². The number of carbonyl (C=O) groups is 1. The van der Waals surface area contributed by atoms with Gasteiger partial charge in [0.25, 0.3) is 0 Å².